The molecular weight excluding hydrogens is 442 g/mol. The summed E-state index contributed by atoms with van der Waals surface area (Å²) in [5, 5.41) is 12.2. The molecule has 0 aliphatic heterocycles. The summed E-state index contributed by atoms with van der Waals surface area (Å²) in [7, 11) is 0. The van der Waals surface area contributed by atoms with E-state index in [0.29, 0.717) is 10.6 Å². The predicted molar refractivity (Wildman–Crippen MR) is 110 cm³/mol. The summed E-state index contributed by atoms with van der Waals surface area (Å²) in [6.07, 6.45) is -5.78. The zero-order chi connectivity index (χ0) is 22.7. The lowest BCUT2D eigenvalue weighted by Gasteiger charge is -2.21. The second kappa shape index (κ2) is 9.27. The minimum atomic E-state index is -4.57. The molecule has 2 rings (SSSR count). The molecule has 0 saturated heterocycles. The first-order chi connectivity index (χ1) is 13.8. The van der Waals surface area contributed by atoms with Gasteiger partial charge in [-0.25, -0.2) is 0 Å². The minimum absolute atomic E-state index is 0.112. The van der Waals surface area contributed by atoms with Gasteiger partial charge in [0.1, 0.15) is 0 Å². The number of anilines is 1. The molecule has 9 heteroatoms. The molecule has 162 valence electrons. The molecule has 2 N–H and O–H groups in total. The van der Waals surface area contributed by atoms with Crippen LogP contribution < -0.4 is 5.32 Å². The van der Waals surface area contributed by atoms with Crippen LogP contribution in [-0.4, -0.2) is 23.2 Å². The Kier molecular flexibility index (Phi) is 7.42. The van der Waals surface area contributed by atoms with Crippen LogP contribution >= 0.6 is 23.2 Å². The van der Waals surface area contributed by atoms with Crippen molar-refractivity contribution in [3.63, 3.8) is 0 Å². The van der Waals surface area contributed by atoms with Crippen molar-refractivity contribution in [1.29, 1.82) is 0 Å². The Bertz CT molecular complexity index is 928. The SMILES string of the molecule is CC(C)(Cc1ccc(Cl)c(NC(=O)[C@@H](CC(F)(F)F)c2ccc(Cl)cc2)c1)C(=O)O. The number of nitrogens with one attached hydrogen (secondary N) is 1. The summed E-state index contributed by atoms with van der Waals surface area (Å²) in [5.41, 5.74) is -0.229. The number of amides is 1. The Morgan fingerprint density at radius 3 is 2.20 bits per heavy atom. The standard InChI is InChI=1S/C21H20Cl2F3NO3/c1-20(2,19(29)30)10-12-3-8-16(23)17(9-12)27-18(28)15(11-21(24,25)26)13-4-6-14(22)7-5-13/h3-9,15H,10-11H2,1-2H3,(H,27,28)(H,29,30)/t15-/m0/s1. The van der Waals surface area contributed by atoms with Crippen LogP contribution in [-0.2, 0) is 16.0 Å². The second-order valence-corrected chi connectivity index (χ2v) is 8.44. The number of carboxylic acid groups (broad SMARTS) is 1. The van der Waals surface area contributed by atoms with Crippen molar-refractivity contribution in [2.45, 2.75) is 38.8 Å². The summed E-state index contributed by atoms with van der Waals surface area (Å²) < 4.78 is 39.3. The first kappa shape index (κ1) is 24.0. The van der Waals surface area contributed by atoms with E-state index < -0.39 is 35.8 Å². The van der Waals surface area contributed by atoms with Gasteiger partial charge in [-0.2, -0.15) is 13.2 Å². The van der Waals surface area contributed by atoms with Crippen LogP contribution in [0.4, 0.5) is 18.9 Å². The Morgan fingerprint density at radius 2 is 1.67 bits per heavy atom. The van der Waals surface area contributed by atoms with Crippen molar-refractivity contribution in [1.82, 2.24) is 0 Å². The molecule has 2 aromatic carbocycles. The number of rotatable bonds is 7. The summed E-state index contributed by atoms with van der Waals surface area (Å²) in [5.74, 6) is -3.39. The first-order valence-corrected chi connectivity index (χ1v) is 9.69. The van der Waals surface area contributed by atoms with Gasteiger partial charge in [0.25, 0.3) is 0 Å². The Hall–Kier alpha value is -2.25. The van der Waals surface area contributed by atoms with E-state index in [1.165, 1.54) is 36.4 Å². The van der Waals surface area contributed by atoms with Crippen molar-refractivity contribution in [2.24, 2.45) is 5.41 Å². The number of halogens is 5. The summed E-state index contributed by atoms with van der Waals surface area (Å²) >= 11 is 11.9. The van der Waals surface area contributed by atoms with Crippen molar-refractivity contribution in [3.05, 3.63) is 63.6 Å². The van der Waals surface area contributed by atoms with Gasteiger partial charge in [-0.05, 0) is 55.7 Å². The number of carboxylic acids is 1. The van der Waals surface area contributed by atoms with E-state index in [0.717, 1.165) is 0 Å². The van der Waals surface area contributed by atoms with Crippen LogP contribution in [0.1, 0.15) is 37.3 Å². The fourth-order valence-corrected chi connectivity index (χ4v) is 3.16. The van der Waals surface area contributed by atoms with Gasteiger partial charge >= 0.3 is 12.1 Å². The van der Waals surface area contributed by atoms with Crippen LogP contribution in [0.5, 0.6) is 0 Å². The molecular formula is C21H20Cl2F3NO3. The summed E-state index contributed by atoms with van der Waals surface area (Å²) in [6, 6.07) is 10.1. The van der Waals surface area contributed by atoms with Gasteiger partial charge in [0.2, 0.25) is 5.91 Å². The Balaban J connectivity index is 2.31. The van der Waals surface area contributed by atoms with Crippen molar-refractivity contribution in [3.8, 4) is 0 Å². The topological polar surface area (TPSA) is 66.4 Å². The van der Waals surface area contributed by atoms with E-state index in [-0.39, 0.29) is 22.7 Å². The fraction of sp³-hybridized carbons (Fsp3) is 0.333. The highest BCUT2D eigenvalue weighted by Gasteiger charge is 2.36. The van der Waals surface area contributed by atoms with Crippen LogP contribution in [0, 0.1) is 5.41 Å². The molecule has 0 heterocycles. The number of benzene rings is 2. The lowest BCUT2D eigenvalue weighted by molar-refractivity contribution is -0.146. The van der Waals surface area contributed by atoms with Gasteiger partial charge in [-0.3, -0.25) is 9.59 Å². The number of alkyl halides is 3. The average molecular weight is 462 g/mol. The highest BCUT2D eigenvalue weighted by molar-refractivity contribution is 6.33. The summed E-state index contributed by atoms with van der Waals surface area (Å²) in [4.78, 5) is 24.1. The molecule has 1 atom stereocenters. The molecule has 0 saturated carbocycles. The van der Waals surface area contributed by atoms with Crippen molar-refractivity contribution < 1.29 is 27.9 Å². The molecule has 0 aliphatic rings. The van der Waals surface area contributed by atoms with Crippen molar-refractivity contribution in [2.75, 3.05) is 5.32 Å². The molecule has 2 aromatic rings. The lowest BCUT2D eigenvalue weighted by Crippen LogP contribution is -2.27. The Morgan fingerprint density at radius 1 is 1.07 bits per heavy atom. The van der Waals surface area contributed by atoms with E-state index in [1.54, 1.807) is 19.9 Å². The van der Waals surface area contributed by atoms with Gasteiger partial charge in [0, 0.05) is 5.02 Å². The molecule has 4 nitrogen and oxygen atoms in total. The highest BCUT2D eigenvalue weighted by Crippen LogP contribution is 2.34. The van der Waals surface area contributed by atoms with E-state index in [4.69, 9.17) is 23.2 Å². The normalized spacial score (nSPS) is 13.0. The van der Waals surface area contributed by atoms with Crippen LogP contribution in [0.3, 0.4) is 0 Å². The minimum Gasteiger partial charge on any atom is -0.481 e. The van der Waals surface area contributed by atoms with E-state index in [9.17, 15) is 27.9 Å². The van der Waals surface area contributed by atoms with E-state index in [1.807, 2.05) is 0 Å². The van der Waals surface area contributed by atoms with Gasteiger partial charge in [-0.15, -0.1) is 0 Å². The second-order valence-electron chi connectivity index (χ2n) is 7.59. The molecule has 0 aliphatic carbocycles. The number of carbonyl (C=O) groups excluding carboxylic acids is 1. The highest BCUT2D eigenvalue weighted by atomic mass is 35.5. The molecule has 0 aromatic heterocycles. The number of aliphatic carboxylic acids is 1. The quantitative estimate of drug-likeness (QED) is 0.506. The maximum atomic E-state index is 13.1. The molecule has 1 amide bonds. The van der Waals surface area contributed by atoms with Crippen LogP contribution in [0.2, 0.25) is 10.0 Å². The fourth-order valence-electron chi connectivity index (χ4n) is 2.87. The molecule has 0 bridgehead atoms. The van der Waals surface area contributed by atoms with E-state index in [2.05, 4.69) is 5.32 Å². The maximum Gasteiger partial charge on any atom is 0.390 e. The first-order valence-electron chi connectivity index (χ1n) is 8.93. The molecule has 30 heavy (non-hydrogen) atoms. The molecule has 0 fully saturated rings. The predicted octanol–water partition coefficient (Wildman–Crippen LogP) is 6.32. The number of carbonyl (C=O) groups is 2. The van der Waals surface area contributed by atoms with E-state index >= 15 is 0 Å². The number of hydrogen-bond donors (Lipinski definition) is 2. The van der Waals surface area contributed by atoms with Crippen LogP contribution in [0.25, 0.3) is 0 Å². The molecule has 0 spiro atoms. The Labute approximate surface area is 182 Å². The molecule has 0 unspecified atom stereocenters. The third-order valence-corrected chi connectivity index (χ3v) is 5.12. The lowest BCUT2D eigenvalue weighted by atomic mass is 9.86. The van der Waals surface area contributed by atoms with Gasteiger partial charge in [0.05, 0.1) is 28.5 Å². The number of hydrogen-bond acceptors (Lipinski definition) is 2. The zero-order valence-corrected chi connectivity index (χ0v) is 17.7. The molecule has 0 radical (unpaired) electrons. The van der Waals surface area contributed by atoms with Gasteiger partial charge in [-0.1, -0.05) is 41.4 Å². The monoisotopic (exact) mass is 461 g/mol. The average Bonchev–Trinajstić information content (AvgIpc) is 2.62. The summed E-state index contributed by atoms with van der Waals surface area (Å²) in [6.45, 7) is 3.09. The van der Waals surface area contributed by atoms with Crippen LogP contribution in [0.15, 0.2) is 42.5 Å². The van der Waals surface area contributed by atoms with Crippen molar-refractivity contribution >= 4 is 40.8 Å². The van der Waals surface area contributed by atoms with Gasteiger partial charge in [0.15, 0.2) is 0 Å². The third kappa shape index (κ3) is 6.64. The largest absolute Gasteiger partial charge is 0.481 e. The zero-order valence-electron chi connectivity index (χ0n) is 16.2. The maximum absolute atomic E-state index is 13.1. The van der Waals surface area contributed by atoms with Gasteiger partial charge < -0.3 is 10.4 Å². The smallest absolute Gasteiger partial charge is 0.390 e. The third-order valence-electron chi connectivity index (χ3n) is 4.54.